The largest absolute Gasteiger partial charge is 0.326 e. The van der Waals surface area contributed by atoms with E-state index in [1.807, 2.05) is 4.90 Å². The number of likely N-dealkylation sites (tertiary alicyclic amines) is 1. The first-order valence-corrected chi connectivity index (χ1v) is 5.91. The van der Waals surface area contributed by atoms with Gasteiger partial charge in [-0.1, -0.05) is 11.6 Å². The molecule has 1 fully saturated rings. The molecule has 1 saturated heterocycles. The lowest BCUT2D eigenvalue weighted by molar-refractivity contribution is -0.117. The van der Waals surface area contributed by atoms with Crippen molar-refractivity contribution in [3.63, 3.8) is 0 Å². The zero-order valence-electron chi connectivity index (χ0n) is 9.40. The molecule has 1 amide bonds. The van der Waals surface area contributed by atoms with E-state index in [1.165, 1.54) is 0 Å². The van der Waals surface area contributed by atoms with Crippen LogP contribution >= 0.6 is 11.6 Å². The van der Waals surface area contributed by atoms with E-state index in [0.29, 0.717) is 17.4 Å². The molecule has 0 aromatic carbocycles. The third-order valence-corrected chi connectivity index (χ3v) is 3.01. The molecule has 0 radical (unpaired) electrons. The number of pyridine rings is 1. The van der Waals surface area contributed by atoms with E-state index in [4.69, 9.17) is 17.3 Å². The molecule has 0 spiro atoms. The van der Waals surface area contributed by atoms with Crippen LogP contribution in [0.25, 0.3) is 0 Å². The molecule has 1 aromatic heterocycles. The van der Waals surface area contributed by atoms with Crippen molar-refractivity contribution in [2.24, 2.45) is 5.73 Å². The first kappa shape index (κ1) is 12.3. The molecule has 17 heavy (non-hydrogen) atoms. The second-order valence-electron chi connectivity index (χ2n) is 4.17. The number of halogens is 1. The minimum Gasteiger partial charge on any atom is -0.326 e. The first-order valence-electron chi connectivity index (χ1n) is 5.53. The fourth-order valence-corrected chi connectivity index (χ4v) is 2.04. The number of amides is 1. The molecule has 1 aliphatic rings. The molecule has 0 unspecified atom stereocenters. The number of nitrogens with two attached hydrogens (primary N) is 1. The minimum absolute atomic E-state index is 0.0889. The Morgan fingerprint density at radius 1 is 1.71 bits per heavy atom. The lowest BCUT2D eigenvalue weighted by Gasteiger charge is -2.14. The second-order valence-corrected chi connectivity index (χ2v) is 4.53. The maximum Gasteiger partial charge on any atom is 0.238 e. The van der Waals surface area contributed by atoms with Crippen LogP contribution in [0.15, 0.2) is 18.3 Å². The van der Waals surface area contributed by atoms with Crippen LogP contribution in [0.5, 0.6) is 0 Å². The summed E-state index contributed by atoms with van der Waals surface area (Å²) >= 11 is 5.85. The monoisotopic (exact) mass is 254 g/mol. The lowest BCUT2D eigenvalue weighted by atomic mass is 10.3. The molecule has 5 nitrogen and oxygen atoms in total. The number of hydrogen-bond donors (Lipinski definition) is 2. The van der Waals surface area contributed by atoms with Gasteiger partial charge in [-0.2, -0.15) is 0 Å². The maximum absolute atomic E-state index is 11.7. The Balaban J connectivity index is 1.87. The third-order valence-electron chi connectivity index (χ3n) is 2.71. The smallest absolute Gasteiger partial charge is 0.238 e. The summed E-state index contributed by atoms with van der Waals surface area (Å²) in [5, 5.41) is 3.04. The van der Waals surface area contributed by atoms with E-state index in [2.05, 4.69) is 10.3 Å². The number of carbonyl (C=O) groups excluding carboxylic acids is 1. The van der Waals surface area contributed by atoms with Gasteiger partial charge >= 0.3 is 0 Å². The molecule has 1 aliphatic heterocycles. The van der Waals surface area contributed by atoms with Crippen LogP contribution in [-0.4, -0.2) is 41.5 Å². The summed E-state index contributed by atoms with van der Waals surface area (Å²) in [6.07, 6.45) is 2.53. The summed E-state index contributed by atoms with van der Waals surface area (Å²) in [5.74, 6) is -0.0889. The van der Waals surface area contributed by atoms with Gasteiger partial charge in [0.15, 0.2) is 5.15 Å². The van der Waals surface area contributed by atoms with Crippen LogP contribution in [0.1, 0.15) is 6.42 Å². The predicted molar refractivity (Wildman–Crippen MR) is 66.9 cm³/mol. The van der Waals surface area contributed by atoms with Crippen LogP contribution in [0, 0.1) is 0 Å². The van der Waals surface area contributed by atoms with Crippen molar-refractivity contribution in [3.05, 3.63) is 23.5 Å². The van der Waals surface area contributed by atoms with E-state index < -0.39 is 0 Å². The van der Waals surface area contributed by atoms with Gasteiger partial charge in [-0.25, -0.2) is 4.98 Å². The summed E-state index contributed by atoms with van der Waals surface area (Å²) in [7, 11) is 0. The Kier molecular flexibility index (Phi) is 3.93. The Bertz CT molecular complexity index is 412. The van der Waals surface area contributed by atoms with E-state index in [-0.39, 0.29) is 11.9 Å². The van der Waals surface area contributed by atoms with Crippen LogP contribution in [0.3, 0.4) is 0 Å². The van der Waals surface area contributed by atoms with Crippen molar-refractivity contribution in [1.82, 2.24) is 9.88 Å². The molecule has 1 aromatic rings. The Labute approximate surface area is 105 Å². The summed E-state index contributed by atoms with van der Waals surface area (Å²) in [5.41, 5.74) is 6.32. The molecular formula is C11H15ClN4O. The lowest BCUT2D eigenvalue weighted by Crippen LogP contribution is -2.33. The predicted octanol–water partition coefficient (Wildman–Crippen LogP) is 0.706. The average molecular weight is 255 g/mol. The highest BCUT2D eigenvalue weighted by Crippen LogP contribution is 2.17. The van der Waals surface area contributed by atoms with Gasteiger partial charge in [0.25, 0.3) is 0 Å². The molecule has 1 atom stereocenters. The SMILES string of the molecule is N[C@H]1CCN(CC(=O)Nc2cccnc2Cl)C1. The Morgan fingerprint density at radius 2 is 2.53 bits per heavy atom. The summed E-state index contributed by atoms with van der Waals surface area (Å²) in [6.45, 7) is 1.99. The number of hydrogen-bond acceptors (Lipinski definition) is 4. The van der Waals surface area contributed by atoms with Gasteiger partial charge in [0, 0.05) is 25.3 Å². The molecular weight excluding hydrogens is 240 g/mol. The molecule has 2 rings (SSSR count). The van der Waals surface area contributed by atoms with Gasteiger partial charge in [-0.05, 0) is 18.6 Å². The van der Waals surface area contributed by atoms with Crippen molar-refractivity contribution >= 4 is 23.2 Å². The highest BCUT2D eigenvalue weighted by Gasteiger charge is 2.21. The van der Waals surface area contributed by atoms with Gasteiger partial charge in [0.2, 0.25) is 5.91 Å². The van der Waals surface area contributed by atoms with Gasteiger partial charge < -0.3 is 11.1 Å². The molecule has 0 bridgehead atoms. The molecule has 92 valence electrons. The summed E-state index contributed by atoms with van der Waals surface area (Å²) in [4.78, 5) is 17.7. The topological polar surface area (TPSA) is 71.2 Å². The summed E-state index contributed by atoms with van der Waals surface area (Å²) < 4.78 is 0. The van der Waals surface area contributed by atoms with E-state index in [1.54, 1.807) is 18.3 Å². The van der Waals surface area contributed by atoms with Crippen molar-refractivity contribution in [2.45, 2.75) is 12.5 Å². The molecule has 6 heteroatoms. The average Bonchev–Trinajstić information content (AvgIpc) is 2.67. The number of aromatic nitrogens is 1. The highest BCUT2D eigenvalue weighted by atomic mass is 35.5. The molecule has 0 aliphatic carbocycles. The van der Waals surface area contributed by atoms with Gasteiger partial charge in [-0.15, -0.1) is 0 Å². The van der Waals surface area contributed by atoms with Crippen LogP contribution < -0.4 is 11.1 Å². The van der Waals surface area contributed by atoms with Crippen molar-refractivity contribution < 1.29 is 4.79 Å². The molecule has 2 heterocycles. The Morgan fingerprint density at radius 3 is 3.18 bits per heavy atom. The number of anilines is 1. The number of carbonyl (C=O) groups is 1. The molecule has 0 saturated carbocycles. The van der Waals surface area contributed by atoms with Gasteiger partial charge in [0.05, 0.1) is 12.2 Å². The fourth-order valence-electron chi connectivity index (χ4n) is 1.88. The van der Waals surface area contributed by atoms with Gasteiger partial charge in [-0.3, -0.25) is 9.69 Å². The maximum atomic E-state index is 11.7. The Hall–Kier alpha value is -1.17. The van der Waals surface area contributed by atoms with E-state index in [0.717, 1.165) is 19.5 Å². The number of rotatable bonds is 3. The number of nitrogens with zero attached hydrogens (tertiary/aromatic N) is 2. The summed E-state index contributed by atoms with van der Waals surface area (Å²) in [6, 6.07) is 3.64. The van der Waals surface area contributed by atoms with Crippen LogP contribution in [0.4, 0.5) is 5.69 Å². The van der Waals surface area contributed by atoms with Crippen molar-refractivity contribution in [1.29, 1.82) is 0 Å². The fraction of sp³-hybridized carbons (Fsp3) is 0.455. The van der Waals surface area contributed by atoms with E-state index >= 15 is 0 Å². The second kappa shape index (κ2) is 5.44. The van der Waals surface area contributed by atoms with Crippen molar-refractivity contribution in [2.75, 3.05) is 25.0 Å². The van der Waals surface area contributed by atoms with E-state index in [9.17, 15) is 4.79 Å². The zero-order valence-corrected chi connectivity index (χ0v) is 10.2. The van der Waals surface area contributed by atoms with Crippen LogP contribution in [-0.2, 0) is 4.79 Å². The molecule has 3 N–H and O–H groups in total. The minimum atomic E-state index is -0.0889. The number of nitrogens with one attached hydrogen (secondary N) is 1. The van der Waals surface area contributed by atoms with Gasteiger partial charge in [0.1, 0.15) is 0 Å². The van der Waals surface area contributed by atoms with Crippen LogP contribution in [0.2, 0.25) is 5.15 Å². The standard InChI is InChI=1S/C11H15ClN4O/c12-11-9(2-1-4-14-11)15-10(17)7-16-5-3-8(13)6-16/h1-2,4,8H,3,5-7,13H2,(H,15,17)/t8-/m0/s1. The quantitative estimate of drug-likeness (QED) is 0.780. The highest BCUT2D eigenvalue weighted by molar-refractivity contribution is 6.32. The zero-order chi connectivity index (χ0) is 12.3. The van der Waals surface area contributed by atoms with Crippen molar-refractivity contribution in [3.8, 4) is 0 Å². The normalized spacial score (nSPS) is 20.5. The first-order chi connectivity index (χ1) is 8.15. The third kappa shape index (κ3) is 3.39.